The molecule has 5 heteroatoms. The Labute approximate surface area is 141 Å². The molecule has 0 N–H and O–H groups in total. The monoisotopic (exact) mass is 332 g/mol. The molecule has 0 amide bonds. The Morgan fingerprint density at radius 2 is 2.00 bits per heavy atom. The lowest BCUT2D eigenvalue weighted by Crippen LogP contribution is -2.46. The SMILES string of the molecule is COc1cc(-c2cc(C)c(=O)n(C)c2)ccc1CN1CC(Cl)C1. The molecule has 122 valence electrons. The van der Waals surface area contributed by atoms with Crippen molar-refractivity contribution in [2.45, 2.75) is 18.8 Å². The van der Waals surface area contributed by atoms with Gasteiger partial charge in [0.1, 0.15) is 5.75 Å². The fraction of sp³-hybridized carbons (Fsp3) is 0.389. The number of benzene rings is 1. The highest BCUT2D eigenvalue weighted by molar-refractivity contribution is 6.21. The number of aryl methyl sites for hydroxylation is 2. The van der Waals surface area contributed by atoms with Crippen LogP contribution in [0, 0.1) is 6.92 Å². The van der Waals surface area contributed by atoms with Crippen molar-refractivity contribution in [1.82, 2.24) is 9.47 Å². The molecule has 3 rings (SSSR count). The summed E-state index contributed by atoms with van der Waals surface area (Å²) in [5.41, 5.74) is 3.98. The summed E-state index contributed by atoms with van der Waals surface area (Å²) < 4.78 is 7.18. The van der Waals surface area contributed by atoms with Crippen LogP contribution in [0.5, 0.6) is 5.75 Å². The van der Waals surface area contributed by atoms with E-state index in [4.69, 9.17) is 16.3 Å². The van der Waals surface area contributed by atoms with Gasteiger partial charge in [-0.2, -0.15) is 0 Å². The summed E-state index contributed by atoms with van der Waals surface area (Å²) in [5, 5.41) is 0.272. The van der Waals surface area contributed by atoms with Crippen molar-refractivity contribution in [2.24, 2.45) is 7.05 Å². The minimum absolute atomic E-state index is 0.0331. The van der Waals surface area contributed by atoms with E-state index in [1.807, 2.05) is 25.3 Å². The van der Waals surface area contributed by atoms with Gasteiger partial charge in [-0.05, 0) is 30.2 Å². The van der Waals surface area contributed by atoms with Crippen molar-refractivity contribution in [1.29, 1.82) is 0 Å². The first kappa shape index (κ1) is 16.1. The van der Waals surface area contributed by atoms with Gasteiger partial charge in [0.15, 0.2) is 0 Å². The van der Waals surface area contributed by atoms with Gasteiger partial charge in [-0.15, -0.1) is 11.6 Å². The van der Waals surface area contributed by atoms with Crippen LogP contribution in [-0.4, -0.2) is 35.0 Å². The number of hydrogen-bond donors (Lipinski definition) is 0. The van der Waals surface area contributed by atoms with Crippen molar-refractivity contribution >= 4 is 11.6 Å². The van der Waals surface area contributed by atoms with Crippen molar-refractivity contribution in [3.05, 3.63) is 51.9 Å². The molecule has 2 aromatic rings. The summed E-state index contributed by atoms with van der Waals surface area (Å²) in [7, 11) is 3.46. The fourth-order valence-corrected chi connectivity index (χ4v) is 3.36. The second kappa shape index (κ2) is 6.38. The van der Waals surface area contributed by atoms with Crippen LogP contribution >= 0.6 is 11.6 Å². The molecule has 1 saturated heterocycles. The van der Waals surface area contributed by atoms with Crippen LogP contribution in [-0.2, 0) is 13.6 Å². The van der Waals surface area contributed by atoms with Gasteiger partial charge in [0.05, 0.1) is 12.5 Å². The molecule has 1 aromatic heterocycles. The van der Waals surface area contributed by atoms with Gasteiger partial charge in [-0.25, -0.2) is 0 Å². The van der Waals surface area contributed by atoms with Crippen LogP contribution in [0.2, 0.25) is 0 Å². The maximum absolute atomic E-state index is 11.8. The van der Waals surface area contributed by atoms with E-state index in [1.54, 1.807) is 18.7 Å². The van der Waals surface area contributed by atoms with E-state index in [0.29, 0.717) is 0 Å². The molecule has 4 nitrogen and oxygen atoms in total. The van der Waals surface area contributed by atoms with E-state index in [2.05, 4.69) is 17.0 Å². The first-order valence-corrected chi connectivity index (χ1v) is 8.12. The first-order chi connectivity index (χ1) is 11.0. The zero-order valence-electron chi connectivity index (χ0n) is 13.7. The predicted octanol–water partition coefficient (Wildman–Crippen LogP) is 2.79. The Balaban J connectivity index is 1.91. The first-order valence-electron chi connectivity index (χ1n) is 7.69. The molecule has 1 aliphatic heterocycles. The largest absolute Gasteiger partial charge is 0.496 e. The minimum Gasteiger partial charge on any atom is -0.496 e. The quantitative estimate of drug-likeness (QED) is 0.807. The summed E-state index contributed by atoms with van der Waals surface area (Å²) in [6, 6.07) is 8.13. The number of ether oxygens (including phenoxy) is 1. The number of alkyl halides is 1. The van der Waals surface area contributed by atoms with Crippen LogP contribution in [0.3, 0.4) is 0 Å². The number of methoxy groups -OCH3 is 1. The number of nitrogens with zero attached hydrogens (tertiary/aromatic N) is 2. The van der Waals surface area contributed by atoms with Gasteiger partial charge in [0.25, 0.3) is 5.56 Å². The molecule has 0 radical (unpaired) electrons. The second-order valence-corrected chi connectivity index (χ2v) is 6.76. The molecule has 0 bridgehead atoms. The van der Waals surface area contributed by atoms with Gasteiger partial charge >= 0.3 is 0 Å². The van der Waals surface area contributed by atoms with E-state index < -0.39 is 0 Å². The minimum atomic E-state index is 0.0331. The van der Waals surface area contributed by atoms with Crippen LogP contribution in [0.15, 0.2) is 35.3 Å². The van der Waals surface area contributed by atoms with Gasteiger partial charge in [-0.1, -0.05) is 12.1 Å². The van der Waals surface area contributed by atoms with Crippen LogP contribution in [0.4, 0.5) is 0 Å². The number of hydrogen-bond acceptors (Lipinski definition) is 3. The van der Waals surface area contributed by atoms with Crippen molar-refractivity contribution in [3.8, 4) is 16.9 Å². The highest BCUT2D eigenvalue weighted by atomic mass is 35.5. The van der Waals surface area contributed by atoms with Crippen molar-refractivity contribution in [3.63, 3.8) is 0 Å². The number of aromatic nitrogens is 1. The van der Waals surface area contributed by atoms with E-state index in [-0.39, 0.29) is 10.9 Å². The number of pyridine rings is 1. The summed E-state index contributed by atoms with van der Waals surface area (Å²) >= 11 is 6.03. The third-order valence-corrected chi connectivity index (χ3v) is 4.57. The zero-order chi connectivity index (χ0) is 16.6. The van der Waals surface area contributed by atoms with E-state index in [1.165, 1.54) is 0 Å². The molecule has 0 spiro atoms. The Hall–Kier alpha value is -1.78. The fourth-order valence-electron chi connectivity index (χ4n) is 2.97. The predicted molar refractivity (Wildman–Crippen MR) is 93.3 cm³/mol. The van der Waals surface area contributed by atoms with Gasteiger partial charge in [-0.3, -0.25) is 9.69 Å². The highest BCUT2D eigenvalue weighted by Gasteiger charge is 2.25. The molecule has 2 heterocycles. The van der Waals surface area contributed by atoms with Gasteiger partial charge in [0, 0.05) is 44.0 Å². The third kappa shape index (κ3) is 3.28. The van der Waals surface area contributed by atoms with Gasteiger partial charge < -0.3 is 9.30 Å². The summed E-state index contributed by atoms with van der Waals surface area (Å²) in [5.74, 6) is 0.868. The number of rotatable bonds is 4. The molecule has 0 unspecified atom stereocenters. The maximum Gasteiger partial charge on any atom is 0.253 e. The Kier molecular flexibility index (Phi) is 4.46. The summed E-state index contributed by atoms with van der Waals surface area (Å²) in [6.07, 6.45) is 1.86. The Bertz CT molecular complexity index is 753. The average Bonchev–Trinajstić information content (AvgIpc) is 2.51. The smallest absolute Gasteiger partial charge is 0.253 e. The third-order valence-electron chi connectivity index (χ3n) is 4.29. The molecule has 1 aromatic carbocycles. The standard InChI is InChI=1S/C18H21ClN2O2/c1-12-6-15(8-20(2)18(12)22)13-4-5-14(17(7-13)23-3)9-21-10-16(19)11-21/h4-8,16H,9-11H2,1-3H3. The van der Waals surface area contributed by atoms with E-state index >= 15 is 0 Å². The zero-order valence-corrected chi connectivity index (χ0v) is 14.4. The summed E-state index contributed by atoms with van der Waals surface area (Å²) in [4.78, 5) is 14.1. The van der Waals surface area contributed by atoms with Crippen LogP contribution < -0.4 is 10.3 Å². The summed E-state index contributed by atoms with van der Waals surface area (Å²) in [6.45, 7) is 4.53. The number of likely N-dealkylation sites (tertiary alicyclic amines) is 1. The Morgan fingerprint density at radius 1 is 1.26 bits per heavy atom. The molecular weight excluding hydrogens is 312 g/mol. The molecular formula is C18H21ClN2O2. The molecule has 0 aliphatic carbocycles. The Morgan fingerprint density at radius 3 is 2.61 bits per heavy atom. The topological polar surface area (TPSA) is 34.5 Å². The van der Waals surface area contributed by atoms with Gasteiger partial charge in [0.2, 0.25) is 0 Å². The average molecular weight is 333 g/mol. The maximum atomic E-state index is 11.8. The van der Waals surface area contributed by atoms with Crippen LogP contribution in [0.1, 0.15) is 11.1 Å². The lowest BCUT2D eigenvalue weighted by atomic mass is 10.0. The lowest BCUT2D eigenvalue weighted by molar-refractivity contribution is 0.176. The van der Waals surface area contributed by atoms with Crippen molar-refractivity contribution < 1.29 is 4.74 Å². The number of halogens is 1. The molecule has 1 fully saturated rings. The molecule has 1 aliphatic rings. The van der Waals surface area contributed by atoms with Crippen LogP contribution in [0.25, 0.3) is 11.1 Å². The molecule has 0 saturated carbocycles. The normalized spacial score (nSPS) is 15.5. The lowest BCUT2D eigenvalue weighted by Gasteiger charge is -2.35. The van der Waals surface area contributed by atoms with E-state index in [9.17, 15) is 4.79 Å². The molecule has 23 heavy (non-hydrogen) atoms. The van der Waals surface area contributed by atoms with Crippen molar-refractivity contribution in [2.75, 3.05) is 20.2 Å². The highest BCUT2D eigenvalue weighted by Crippen LogP contribution is 2.29. The molecule has 0 atom stereocenters. The van der Waals surface area contributed by atoms with E-state index in [0.717, 1.165) is 47.6 Å². The second-order valence-electron chi connectivity index (χ2n) is 6.15.